The third-order valence-electron chi connectivity index (χ3n) is 1.83. The molecule has 0 aliphatic rings. The molecule has 0 bridgehead atoms. The molecule has 0 spiro atoms. The Morgan fingerprint density at radius 3 is 3.00 bits per heavy atom. The van der Waals surface area contributed by atoms with Crippen molar-refractivity contribution in [1.29, 1.82) is 0 Å². The molecule has 78 valence electrons. The standard InChI is InChI=1S/C11H10ClNS2/c12-7-3-4-8-14-11-13-9-5-1-2-6-10(9)15-11/h1-6H,7-8H2. The number of hydrogen-bond acceptors (Lipinski definition) is 3. The first-order valence-electron chi connectivity index (χ1n) is 4.59. The number of nitrogens with zero attached hydrogens (tertiary/aromatic N) is 1. The van der Waals surface area contributed by atoms with E-state index < -0.39 is 0 Å². The van der Waals surface area contributed by atoms with Crippen molar-refractivity contribution in [3.63, 3.8) is 0 Å². The van der Waals surface area contributed by atoms with Gasteiger partial charge in [0.1, 0.15) is 0 Å². The van der Waals surface area contributed by atoms with Crippen LogP contribution < -0.4 is 0 Å². The van der Waals surface area contributed by atoms with E-state index in [4.69, 9.17) is 11.6 Å². The van der Waals surface area contributed by atoms with Gasteiger partial charge in [0, 0.05) is 11.6 Å². The third-order valence-corrected chi connectivity index (χ3v) is 4.14. The maximum atomic E-state index is 5.54. The monoisotopic (exact) mass is 255 g/mol. The lowest BCUT2D eigenvalue weighted by Gasteiger charge is -1.88. The van der Waals surface area contributed by atoms with E-state index in [1.165, 1.54) is 4.70 Å². The van der Waals surface area contributed by atoms with Gasteiger partial charge in [0.15, 0.2) is 4.34 Å². The van der Waals surface area contributed by atoms with Crippen LogP contribution in [-0.4, -0.2) is 16.6 Å². The van der Waals surface area contributed by atoms with Crippen LogP contribution in [0.25, 0.3) is 10.2 Å². The van der Waals surface area contributed by atoms with Gasteiger partial charge in [-0.1, -0.05) is 36.0 Å². The maximum Gasteiger partial charge on any atom is 0.151 e. The van der Waals surface area contributed by atoms with Gasteiger partial charge in [-0.2, -0.15) is 0 Å². The number of hydrogen-bond donors (Lipinski definition) is 0. The quantitative estimate of drug-likeness (QED) is 0.462. The molecule has 2 rings (SSSR count). The molecule has 0 saturated carbocycles. The molecule has 0 aliphatic carbocycles. The molecule has 0 radical (unpaired) electrons. The van der Waals surface area contributed by atoms with Crippen LogP contribution in [0.2, 0.25) is 0 Å². The number of allylic oxidation sites excluding steroid dienone is 1. The number of benzene rings is 1. The Morgan fingerprint density at radius 1 is 1.33 bits per heavy atom. The Bertz CT molecular complexity index is 431. The zero-order valence-electron chi connectivity index (χ0n) is 8.02. The first kappa shape index (κ1) is 11.0. The van der Waals surface area contributed by atoms with E-state index in [9.17, 15) is 0 Å². The van der Waals surface area contributed by atoms with E-state index in [1.54, 1.807) is 23.1 Å². The van der Waals surface area contributed by atoms with Crippen molar-refractivity contribution < 1.29 is 0 Å². The van der Waals surface area contributed by atoms with Crippen LogP contribution in [0.4, 0.5) is 0 Å². The summed E-state index contributed by atoms with van der Waals surface area (Å²) in [5, 5.41) is 0. The Hall–Kier alpha value is -0.510. The zero-order valence-corrected chi connectivity index (χ0v) is 10.4. The minimum atomic E-state index is 0.584. The summed E-state index contributed by atoms with van der Waals surface area (Å²) in [6, 6.07) is 8.21. The predicted octanol–water partition coefficient (Wildman–Crippen LogP) is 4.18. The van der Waals surface area contributed by atoms with Gasteiger partial charge in [-0.3, -0.25) is 0 Å². The molecule has 0 N–H and O–H groups in total. The van der Waals surface area contributed by atoms with E-state index in [0.717, 1.165) is 15.6 Å². The SMILES string of the molecule is ClCC=CCSc1nc2ccccc2s1. The van der Waals surface area contributed by atoms with Crippen molar-refractivity contribution in [2.75, 3.05) is 11.6 Å². The highest BCUT2D eigenvalue weighted by Crippen LogP contribution is 2.29. The minimum Gasteiger partial charge on any atom is -0.230 e. The largest absolute Gasteiger partial charge is 0.230 e. The molecular formula is C11H10ClNS2. The van der Waals surface area contributed by atoms with E-state index >= 15 is 0 Å². The number of fused-ring (bicyclic) bond motifs is 1. The summed E-state index contributed by atoms with van der Waals surface area (Å²) in [5.41, 5.74) is 1.09. The lowest BCUT2D eigenvalue weighted by molar-refractivity contribution is 1.30. The van der Waals surface area contributed by atoms with E-state index in [0.29, 0.717) is 5.88 Å². The van der Waals surface area contributed by atoms with E-state index in [1.807, 2.05) is 24.3 Å². The molecule has 0 amide bonds. The number of aromatic nitrogens is 1. The van der Waals surface area contributed by atoms with Crippen LogP contribution >= 0.6 is 34.7 Å². The second-order valence-corrected chi connectivity index (χ2v) is 5.49. The first-order valence-corrected chi connectivity index (χ1v) is 6.93. The average molecular weight is 256 g/mol. The molecule has 1 nitrogen and oxygen atoms in total. The van der Waals surface area contributed by atoms with Gasteiger partial charge in [0.25, 0.3) is 0 Å². The topological polar surface area (TPSA) is 12.9 Å². The number of thioether (sulfide) groups is 1. The molecule has 1 aromatic heterocycles. The van der Waals surface area contributed by atoms with Gasteiger partial charge in [0.05, 0.1) is 10.2 Å². The van der Waals surface area contributed by atoms with E-state index in [-0.39, 0.29) is 0 Å². The predicted molar refractivity (Wildman–Crippen MR) is 70.2 cm³/mol. The summed E-state index contributed by atoms with van der Waals surface area (Å²) in [6.45, 7) is 0. The van der Waals surface area contributed by atoms with Crippen LogP contribution in [0.3, 0.4) is 0 Å². The summed E-state index contributed by atoms with van der Waals surface area (Å²) >= 11 is 9.03. The summed E-state index contributed by atoms with van der Waals surface area (Å²) < 4.78 is 2.37. The highest BCUT2D eigenvalue weighted by molar-refractivity contribution is 8.01. The average Bonchev–Trinajstić information content (AvgIpc) is 2.67. The third kappa shape index (κ3) is 2.97. The summed E-state index contributed by atoms with van der Waals surface area (Å²) in [7, 11) is 0. The van der Waals surface area contributed by atoms with Gasteiger partial charge in [-0.05, 0) is 12.1 Å². The molecule has 0 atom stereocenters. The van der Waals surface area contributed by atoms with Crippen molar-refractivity contribution in [3.05, 3.63) is 36.4 Å². The van der Waals surface area contributed by atoms with Crippen LogP contribution in [0, 0.1) is 0 Å². The fourth-order valence-corrected chi connectivity index (χ4v) is 3.23. The molecular weight excluding hydrogens is 246 g/mol. The maximum absolute atomic E-state index is 5.54. The lowest BCUT2D eigenvalue weighted by Crippen LogP contribution is -1.72. The normalized spacial score (nSPS) is 11.5. The lowest BCUT2D eigenvalue weighted by atomic mass is 10.3. The Kier molecular flexibility index (Phi) is 4.06. The molecule has 0 unspecified atom stereocenters. The smallest absolute Gasteiger partial charge is 0.151 e. The second kappa shape index (κ2) is 5.54. The van der Waals surface area contributed by atoms with Crippen molar-refractivity contribution in [2.45, 2.75) is 4.34 Å². The molecule has 4 heteroatoms. The van der Waals surface area contributed by atoms with Gasteiger partial charge in [0.2, 0.25) is 0 Å². The molecule has 15 heavy (non-hydrogen) atoms. The molecule has 2 aromatic rings. The number of para-hydroxylation sites is 1. The number of alkyl halides is 1. The number of thiazole rings is 1. The van der Waals surface area contributed by atoms with Crippen molar-refractivity contribution >= 4 is 44.9 Å². The molecule has 1 aromatic carbocycles. The first-order chi connectivity index (χ1) is 7.40. The highest BCUT2D eigenvalue weighted by Gasteiger charge is 2.01. The minimum absolute atomic E-state index is 0.584. The highest BCUT2D eigenvalue weighted by atomic mass is 35.5. The van der Waals surface area contributed by atoms with E-state index in [2.05, 4.69) is 17.1 Å². The molecule has 0 aliphatic heterocycles. The second-order valence-electron chi connectivity index (χ2n) is 2.88. The van der Waals surface area contributed by atoms with Gasteiger partial charge >= 0.3 is 0 Å². The summed E-state index contributed by atoms with van der Waals surface area (Å²) in [5.74, 6) is 1.52. The Balaban J connectivity index is 2.05. The van der Waals surface area contributed by atoms with Crippen molar-refractivity contribution in [2.24, 2.45) is 0 Å². The van der Waals surface area contributed by atoms with Gasteiger partial charge in [-0.15, -0.1) is 22.9 Å². The zero-order chi connectivity index (χ0) is 10.5. The van der Waals surface area contributed by atoms with Crippen LogP contribution in [0.5, 0.6) is 0 Å². The van der Waals surface area contributed by atoms with Gasteiger partial charge in [-0.25, -0.2) is 4.98 Å². The number of halogens is 1. The summed E-state index contributed by atoms with van der Waals surface area (Å²) in [6.07, 6.45) is 4.03. The van der Waals surface area contributed by atoms with Gasteiger partial charge < -0.3 is 0 Å². The fourth-order valence-electron chi connectivity index (χ4n) is 1.16. The molecule has 1 heterocycles. The Labute approximate surface area is 102 Å². The molecule has 0 saturated heterocycles. The van der Waals surface area contributed by atoms with Crippen molar-refractivity contribution in [3.8, 4) is 0 Å². The van der Waals surface area contributed by atoms with Crippen LogP contribution in [0.15, 0.2) is 40.8 Å². The number of rotatable bonds is 4. The summed E-state index contributed by atoms with van der Waals surface area (Å²) in [4.78, 5) is 4.52. The molecule has 0 fully saturated rings. The van der Waals surface area contributed by atoms with Crippen molar-refractivity contribution in [1.82, 2.24) is 4.98 Å². The van der Waals surface area contributed by atoms with Crippen LogP contribution in [0.1, 0.15) is 0 Å². The van der Waals surface area contributed by atoms with Crippen LogP contribution in [-0.2, 0) is 0 Å². The Morgan fingerprint density at radius 2 is 2.20 bits per heavy atom. The fraction of sp³-hybridized carbons (Fsp3) is 0.182.